The average Bonchev–Trinajstić information content (AvgIpc) is 3.25. The zero-order valence-corrected chi connectivity index (χ0v) is 17.4. The van der Waals surface area contributed by atoms with Gasteiger partial charge in [0, 0.05) is 5.69 Å². The van der Waals surface area contributed by atoms with Crippen molar-refractivity contribution >= 4 is 23.6 Å². The van der Waals surface area contributed by atoms with Gasteiger partial charge in [0.1, 0.15) is 24.0 Å². The highest BCUT2D eigenvalue weighted by atomic mass is 16.5. The standard InChI is InChI=1S/C24H20N2O6/c1-15-4-3-5-18(10-15)26-23(27)17(13-25)11-16-6-8-20(22(12-16)30-2)31-14-19-7-9-21(32-19)24(28)29/h3-12H,14H2,1-2H3,(H,26,27)(H,28,29). The van der Waals surface area contributed by atoms with E-state index in [0.29, 0.717) is 28.5 Å². The Morgan fingerprint density at radius 3 is 2.62 bits per heavy atom. The number of carbonyl (C=O) groups excluding carboxylic acids is 1. The number of nitrogens with one attached hydrogen (secondary N) is 1. The minimum Gasteiger partial charge on any atom is -0.493 e. The van der Waals surface area contributed by atoms with Crippen LogP contribution in [0.1, 0.15) is 27.4 Å². The third kappa shape index (κ3) is 5.55. The summed E-state index contributed by atoms with van der Waals surface area (Å²) in [7, 11) is 1.46. The molecule has 162 valence electrons. The quantitative estimate of drug-likeness (QED) is 0.399. The molecule has 0 radical (unpaired) electrons. The second-order valence-electron chi connectivity index (χ2n) is 6.76. The lowest BCUT2D eigenvalue weighted by atomic mass is 10.1. The summed E-state index contributed by atoms with van der Waals surface area (Å²) >= 11 is 0. The highest BCUT2D eigenvalue weighted by molar-refractivity contribution is 6.09. The summed E-state index contributed by atoms with van der Waals surface area (Å²) in [5, 5.41) is 21.1. The number of aryl methyl sites for hydroxylation is 1. The molecule has 0 unspecified atom stereocenters. The van der Waals surface area contributed by atoms with E-state index in [9.17, 15) is 14.9 Å². The van der Waals surface area contributed by atoms with E-state index < -0.39 is 11.9 Å². The predicted molar refractivity (Wildman–Crippen MR) is 116 cm³/mol. The molecule has 8 nitrogen and oxygen atoms in total. The zero-order chi connectivity index (χ0) is 23.1. The van der Waals surface area contributed by atoms with E-state index in [2.05, 4.69) is 5.32 Å². The maximum atomic E-state index is 12.5. The van der Waals surface area contributed by atoms with Crippen molar-refractivity contribution in [1.82, 2.24) is 0 Å². The topological polar surface area (TPSA) is 122 Å². The van der Waals surface area contributed by atoms with Gasteiger partial charge < -0.3 is 24.3 Å². The molecular formula is C24H20N2O6. The lowest BCUT2D eigenvalue weighted by Crippen LogP contribution is -2.13. The molecule has 2 aromatic carbocycles. The van der Waals surface area contributed by atoms with Gasteiger partial charge in [-0.3, -0.25) is 4.79 Å². The second-order valence-corrected chi connectivity index (χ2v) is 6.76. The second kappa shape index (κ2) is 10.00. The summed E-state index contributed by atoms with van der Waals surface area (Å²) in [4.78, 5) is 23.4. The van der Waals surface area contributed by atoms with E-state index in [1.807, 2.05) is 25.1 Å². The fourth-order valence-electron chi connectivity index (χ4n) is 2.85. The number of amides is 1. The minimum atomic E-state index is -1.16. The molecule has 3 rings (SSSR count). The molecule has 1 heterocycles. The SMILES string of the molecule is COc1cc(C=C(C#N)C(=O)Nc2cccc(C)c2)ccc1OCc1ccc(C(=O)O)o1. The fourth-order valence-corrected chi connectivity index (χ4v) is 2.85. The van der Waals surface area contributed by atoms with Crippen molar-refractivity contribution in [2.24, 2.45) is 0 Å². The van der Waals surface area contributed by atoms with Gasteiger partial charge in [0.15, 0.2) is 11.5 Å². The molecule has 0 aliphatic carbocycles. The van der Waals surface area contributed by atoms with Gasteiger partial charge >= 0.3 is 5.97 Å². The first-order valence-corrected chi connectivity index (χ1v) is 9.52. The third-order valence-electron chi connectivity index (χ3n) is 4.38. The number of hydrogen-bond donors (Lipinski definition) is 2. The number of nitrogens with zero attached hydrogens (tertiary/aromatic N) is 1. The number of carboxylic acid groups (broad SMARTS) is 1. The summed E-state index contributed by atoms with van der Waals surface area (Å²) in [6, 6.07) is 17.0. The van der Waals surface area contributed by atoms with Crippen molar-refractivity contribution < 1.29 is 28.6 Å². The Kier molecular flexibility index (Phi) is 6.93. The minimum absolute atomic E-state index is 0.00116. The zero-order valence-electron chi connectivity index (χ0n) is 17.4. The van der Waals surface area contributed by atoms with Crippen molar-refractivity contribution in [2.75, 3.05) is 12.4 Å². The smallest absolute Gasteiger partial charge is 0.371 e. The Bertz CT molecular complexity index is 1220. The molecule has 0 fully saturated rings. The Labute approximate surface area is 184 Å². The maximum Gasteiger partial charge on any atom is 0.371 e. The van der Waals surface area contributed by atoms with E-state index in [1.54, 1.807) is 30.3 Å². The molecule has 0 aliphatic heterocycles. The summed E-state index contributed by atoms with van der Waals surface area (Å²) < 4.78 is 16.2. The molecule has 32 heavy (non-hydrogen) atoms. The number of aromatic carboxylic acids is 1. The molecule has 8 heteroatoms. The molecule has 0 bridgehead atoms. The molecule has 0 atom stereocenters. The normalized spacial score (nSPS) is 10.8. The first-order valence-electron chi connectivity index (χ1n) is 9.52. The van der Waals surface area contributed by atoms with Crippen LogP contribution in [0.4, 0.5) is 5.69 Å². The van der Waals surface area contributed by atoms with Crippen LogP contribution in [0, 0.1) is 18.3 Å². The molecule has 3 aromatic rings. The van der Waals surface area contributed by atoms with Gasteiger partial charge in [0.05, 0.1) is 7.11 Å². The van der Waals surface area contributed by atoms with Gasteiger partial charge in [0.2, 0.25) is 5.76 Å². The third-order valence-corrected chi connectivity index (χ3v) is 4.38. The van der Waals surface area contributed by atoms with Crippen LogP contribution in [-0.4, -0.2) is 24.1 Å². The summed E-state index contributed by atoms with van der Waals surface area (Å²) in [5.74, 6) is -0.757. The number of carbonyl (C=O) groups is 2. The number of hydrogen-bond acceptors (Lipinski definition) is 6. The molecule has 1 amide bonds. The molecular weight excluding hydrogens is 412 g/mol. The molecule has 0 saturated heterocycles. The maximum absolute atomic E-state index is 12.5. The van der Waals surface area contributed by atoms with E-state index in [1.165, 1.54) is 25.3 Å². The Morgan fingerprint density at radius 2 is 1.97 bits per heavy atom. The largest absolute Gasteiger partial charge is 0.493 e. The van der Waals surface area contributed by atoms with Crippen molar-refractivity contribution in [3.8, 4) is 17.6 Å². The van der Waals surface area contributed by atoms with Crippen LogP contribution in [0.2, 0.25) is 0 Å². The summed E-state index contributed by atoms with van der Waals surface area (Å²) in [5.41, 5.74) is 2.08. The predicted octanol–water partition coefficient (Wildman–Crippen LogP) is 4.42. The monoisotopic (exact) mass is 432 g/mol. The van der Waals surface area contributed by atoms with E-state index in [-0.39, 0.29) is 17.9 Å². The van der Waals surface area contributed by atoms with E-state index >= 15 is 0 Å². The number of nitriles is 1. The molecule has 0 spiro atoms. The van der Waals surface area contributed by atoms with Crippen molar-refractivity contribution in [3.05, 3.63) is 82.8 Å². The van der Waals surface area contributed by atoms with Crippen molar-refractivity contribution in [1.29, 1.82) is 5.26 Å². The number of rotatable bonds is 8. The highest BCUT2D eigenvalue weighted by Crippen LogP contribution is 2.30. The van der Waals surface area contributed by atoms with Crippen molar-refractivity contribution in [2.45, 2.75) is 13.5 Å². The average molecular weight is 432 g/mol. The van der Waals surface area contributed by atoms with Crippen LogP contribution in [0.25, 0.3) is 6.08 Å². The van der Waals surface area contributed by atoms with Gasteiger partial charge in [-0.1, -0.05) is 18.2 Å². The van der Waals surface area contributed by atoms with Gasteiger partial charge in [0.25, 0.3) is 5.91 Å². The summed E-state index contributed by atoms with van der Waals surface area (Å²) in [6.45, 7) is 1.91. The van der Waals surface area contributed by atoms with Gasteiger partial charge in [-0.15, -0.1) is 0 Å². The number of methoxy groups -OCH3 is 1. The number of anilines is 1. The lowest BCUT2D eigenvalue weighted by molar-refractivity contribution is -0.112. The lowest BCUT2D eigenvalue weighted by Gasteiger charge is -2.11. The van der Waals surface area contributed by atoms with Crippen LogP contribution in [0.15, 0.2) is 64.6 Å². The van der Waals surface area contributed by atoms with E-state index in [0.717, 1.165) is 5.56 Å². The fraction of sp³-hybridized carbons (Fsp3) is 0.125. The van der Waals surface area contributed by atoms with Gasteiger partial charge in [-0.05, 0) is 60.5 Å². The Balaban J connectivity index is 1.74. The molecule has 1 aromatic heterocycles. The highest BCUT2D eigenvalue weighted by Gasteiger charge is 2.13. The first kappa shape index (κ1) is 22.2. The number of ether oxygens (including phenoxy) is 2. The van der Waals surface area contributed by atoms with Crippen LogP contribution >= 0.6 is 0 Å². The molecule has 0 aliphatic rings. The van der Waals surface area contributed by atoms with Crippen molar-refractivity contribution in [3.63, 3.8) is 0 Å². The molecule has 0 saturated carbocycles. The summed E-state index contributed by atoms with van der Waals surface area (Å²) in [6.07, 6.45) is 1.45. The number of benzene rings is 2. The number of carboxylic acids is 1. The van der Waals surface area contributed by atoms with E-state index in [4.69, 9.17) is 19.0 Å². The van der Waals surface area contributed by atoms with Crippen LogP contribution in [0.3, 0.4) is 0 Å². The first-order chi connectivity index (χ1) is 15.4. The van der Waals surface area contributed by atoms with Crippen LogP contribution in [0.5, 0.6) is 11.5 Å². The Hall–Kier alpha value is -4.51. The Morgan fingerprint density at radius 1 is 1.16 bits per heavy atom. The van der Waals surface area contributed by atoms with Gasteiger partial charge in [-0.25, -0.2) is 4.79 Å². The number of furan rings is 1. The van der Waals surface area contributed by atoms with Gasteiger partial charge in [-0.2, -0.15) is 5.26 Å². The molecule has 2 N–H and O–H groups in total. The van der Waals surface area contributed by atoms with Crippen LogP contribution < -0.4 is 14.8 Å². The van der Waals surface area contributed by atoms with Crippen LogP contribution in [-0.2, 0) is 11.4 Å².